The van der Waals surface area contributed by atoms with Crippen LogP contribution in [0.5, 0.6) is 0 Å². The Balaban J connectivity index is 0.00000288. The molecule has 0 amide bonds. The van der Waals surface area contributed by atoms with Crippen LogP contribution in [0.25, 0.3) is 11.6 Å². The standard InChI is InChI=1S/C18H20N2O3.ClH/c1-12(2)20-17(19)16-10-9-14(23-16)11-15(18(21)22-3)13-7-5-4-6-8-13;/h4-12H,1-3H3,(H2,19,20);1H/b15-11+;. The molecule has 5 nitrogen and oxygen atoms in total. The molecule has 1 aromatic heterocycles. The van der Waals surface area contributed by atoms with E-state index in [0.717, 1.165) is 5.56 Å². The highest BCUT2D eigenvalue weighted by Crippen LogP contribution is 2.21. The average Bonchev–Trinajstić information content (AvgIpc) is 3.01. The maximum Gasteiger partial charge on any atom is 0.338 e. The van der Waals surface area contributed by atoms with E-state index in [9.17, 15) is 4.79 Å². The monoisotopic (exact) mass is 348 g/mol. The highest BCUT2D eigenvalue weighted by atomic mass is 35.5. The van der Waals surface area contributed by atoms with E-state index < -0.39 is 5.97 Å². The Kier molecular flexibility index (Phi) is 7.27. The van der Waals surface area contributed by atoms with Crippen molar-refractivity contribution in [2.24, 2.45) is 10.7 Å². The number of hydrogen-bond acceptors (Lipinski definition) is 4. The highest BCUT2D eigenvalue weighted by Gasteiger charge is 2.14. The minimum absolute atomic E-state index is 0. The summed E-state index contributed by atoms with van der Waals surface area (Å²) in [5, 5.41) is 0. The summed E-state index contributed by atoms with van der Waals surface area (Å²) in [5.41, 5.74) is 7.04. The van der Waals surface area contributed by atoms with Crippen LogP contribution in [0.3, 0.4) is 0 Å². The van der Waals surface area contributed by atoms with Crippen molar-refractivity contribution in [3.05, 3.63) is 59.5 Å². The van der Waals surface area contributed by atoms with Crippen molar-refractivity contribution < 1.29 is 13.9 Å². The lowest BCUT2D eigenvalue weighted by Crippen LogP contribution is -2.14. The maximum atomic E-state index is 12.0. The van der Waals surface area contributed by atoms with Gasteiger partial charge >= 0.3 is 5.97 Å². The molecule has 0 unspecified atom stereocenters. The number of ether oxygens (including phenoxy) is 1. The van der Waals surface area contributed by atoms with E-state index in [0.29, 0.717) is 22.9 Å². The molecule has 6 heteroatoms. The first-order valence-electron chi connectivity index (χ1n) is 7.30. The van der Waals surface area contributed by atoms with Gasteiger partial charge in [0.05, 0.1) is 12.7 Å². The Morgan fingerprint density at radius 1 is 1.21 bits per heavy atom. The molecular weight excluding hydrogens is 328 g/mol. The predicted molar refractivity (Wildman–Crippen MR) is 98.1 cm³/mol. The van der Waals surface area contributed by atoms with Gasteiger partial charge in [-0.2, -0.15) is 0 Å². The van der Waals surface area contributed by atoms with Crippen molar-refractivity contribution in [1.29, 1.82) is 0 Å². The van der Waals surface area contributed by atoms with Gasteiger partial charge in [-0.15, -0.1) is 12.4 Å². The van der Waals surface area contributed by atoms with Crippen LogP contribution >= 0.6 is 12.4 Å². The SMILES string of the molecule is COC(=O)/C(=C/c1ccc(C(N)=NC(C)C)o1)c1ccccc1.Cl. The maximum absolute atomic E-state index is 12.0. The second kappa shape index (κ2) is 8.93. The Labute approximate surface area is 147 Å². The third-order valence-corrected chi connectivity index (χ3v) is 3.05. The number of rotatable bonds is 5. The van der Waals surface area contributed by atoms with Crippen LogP contribution in [0, 0.1) is 0 Å². The summed E-state index contributed by atoms with van der Waals surface area (Å²) in [7, 11) is 1.35. The normalized spacial score (nSPS) is 12.0. The first kappa shape index (κ1) is 19.5. The summed E-state index contributed by atoms with van der Waals surface area (Å²) >= 11 is 0. The molecule has 0 atom stereocenters. The molecule has 0 spiro atoms. The topological polar surface area (TPSA) is 77.8 Å². The van der Waals surface area contributed by atoms with Gasteiger partial charge < -0.3 is 14.9 Å². The summed E-state index contributed by atoms with van der Waals surface area (Å²) in [4.78, 5) is 16.3. The van der Waals surface area contributed by atoms with Crippen LogP contribution in [0.4, 0.5) is 0 Å². The van der Waals surface area contributed by atoms with Gasteiger partial charge in [0.25, 0.3) is 0 Å². The van der Waals surface area contributed by atoms with Crippen LogP contribution in [0.1, 0.15) is 30.9 Å². The molecular formula is C18H21ClN2O3. The van der Waals surface area contributed by atoms with Crippen molar-refractivity contribution in [3.63, 3.8) is 0 Å². The zero-order chi connectivity index (χ0) is 16.8. The van der Waals surface area contributed by atoms with E-state index in [1.54, 1.807) is 18.2 Å². The number of nitrogens with two attached hydrogens (primary N) is 1. The summed E-state index contributed by atoms with van der Waals surface area (Å²) in [6, 6.07) is 12.8. The molecule has 0 aliphatic carbocycles. The average molecular weight is 349 g/mol. The van der Waals surface area contributed by atoms with Crippen LogP contribution in [0.2, 0.25) is 0 Å². The second-order valence-corrected chi connectivity index (χ2v) is 5.23. The molecule has 0 saturated carbocycles. The molecule has 2 aromatic rings. The van der Waals surface area contributed by atoms with Gasteiger partial charge in [0, 0.05) is 6.04 Å². The number of nitrogens with zero attached hydrogens (tertiary/aromatic N) is 1. The lowest BCUT2D eigenvalue weighted by atomic mass is 10.1. The van der Waals surface area contributed by atoms with Gasteiger partial charge in [0.1, 0.15) is 5.76 Å². The van der Waals surface area contributed by atoms with Gasteiger partial charge in [-0.3, -0.25) is 4.99 Å². The summed E-state index contributed by atoms with van der Waals surface area (Å²) in [6.07, 6.45) is 1.63. The zero-order valence-corrected chi connectivity index (χ0v) is 14.7. The first-order valence-corrected chi connectivity index (χ1v) is 7.30. The fraction of sp³-hybridized carbons (Fsp3) is 0.222. The molecule has 0 aliphatic heterocycles. The van der Waals surface area contributed by atoms with Gasteiger partial charge in [-0.25, -0.2) is 4.79 Å². The van der Waals surface area contributed by atoms with Crippen LogP contribution in [-0.2, 0) is 9.53 Å². The Bertz CT molecular complexity index is 734. The molecule has 1 heterocycles. The third kappa shape index (κ3) is 4.99. The molecule has 0 fully saturated rings. The predicted octanol–water partition coefficient (Wildman–Crippen LogP) is 3.53. The summed E-state index contributed by atoms with van der Waals surface area (Å²) in [5.74, 6) is 0.880. The number of carbonyl (C=O) groups is 1. The Hall–Kier alpha value is -2.53. The molecule has 24 heavy (non-hydrogen) atoms. The van der Waals surface area contributed by atoms with E-state index in [1.807, 2.05) is 44.2 Å². The Morgan fingerprint density at radius 2 is 1.88 bits per heavy atom. The van der Waals surface area contributed by atoms with Crippen molar-refractivity contribution in [3.8, 4) is 0 Å². The van der Waals surface area contributed by atoms with Crippen molar-refractivity contribution in [2.75, 3.05) is 7.11 Å². The number of amidine groups is 1. The molecule has 0 radical (unpaired) electrons. The lowest BCUT2D eigenvalue weighted by molar-refractivity contribution is -0.133. The van der Waals surface area contributed by atoms with Crippen molar-refractivity contribution >= 4 is 35.9 Å². The molecule has 0 saturated heterocycles. The van der Waals surface area contributed by atoms with Crippen LogP contribution < -0.4 is 5.73 Å². The highest BCUT2D eigenvalue weighted by molar-refractivity contribution is 6.21. The number of hydrogen-bond donors (Lipinski definition) is 1. The molecule has 1 aromatic carbocycles. The van der Waals surface area contributed by atoms with E-state index in [4.69, 9.17) is 14.9 Å². The fourth-order valence-corrected chi connectivity index (χ4v) is 2.04. The minimum Gasteiger partial charge on any atom is -0.465 e. The van der Waals surface area contributed by atoms with Gasteiger partial charge in [-0.1, -0.05) is 30.3 Å². The zero-order valence-electron chi connectivity index (χ0n) is 13.9. The third-order valence-electron chi connectivity index (χ3n) is 3.05. The number of furan rings is 1. The van der Waals surface area contributed by atoms with E-state index in [-0.39, 0.29) is 18.4 Å². The quantitative estimate of drug-likeness (QED) is 0.388. The Morgan fingerprint density at radius 3 is 2.46 bits per heavy atom. The smallest absolute Gasteiger partial charge is 0.338 e. The molecule has 2 N–H and O–H groups in total. The van der Waals surface area contributed by atoms with Crippen LogP contribution in [0.15, 0.2) is 51.9 Å². The summed E-state index contributed by atoms with van der Waals surface area (Å²) in [6.45, 7) is 3.86. The minimum atomic E-state index is -0.432. The lowest BCUT2D eigenvalue weighted by Gasteiger charge is -2.05. The van der Waals surface area contributed by atoms with Crippen molar-refractivity contribution in [1.82, 2.24) is 0 Å². The number of esters is 1. The van der Waals surface area contributed by atoms with E-state index in [2.05, 4.69) is 4.99 Å². The molecule has 0 bridgehead atoms. The number of benzene rings is 1. The summed E-state index contributed by atoms with van der Waals surface area (Å²) < 4.78 is 10.5. The second-order valence-electron chi connectivity index (χ2n) is 5.23. The van der Waals surface area contributed by atoms with E-state index >= 15 is 0 Å². The van der Waals surface area contributed by atoms with Gasteiger partial charge in [-0.05, 0) is 37.6 Å². The molecule has 128 valence electrons. The van der Waals surface area contributed by atoms with Crippen LogP contribution in [-0.4, -0.2) is 25.0 Å². The van der Waals surface area contributed by atoms with E-state index in [1.165, 1.54) is 7.11 Å². The van der Waals surface area contributed by atoms with Crippen molar-refractivity contribution in [2.45, 2.75) is 19.9 Å². The molecule has 0 aliphatic rings. The van der Waals surface area contributed by atoms with Gasteiger partial charge in [0.15, 0.2) is 11.6 Å². The largest absolute Gasteiger partial charge is 0.465 e. The first-order chi connectivity index (χ1) is 11.0. The molecule has 2 rings (SSSR count). The number of methoxy groups -OCH3 is 1. The fourth-order valence-electron chi connectivity index (χ4n) is 2.04. The number of halogens is 1. The number of carbonyl (C=O) groups excluding carboxylic acids is 1. The number of aliphatic imine (C=N–C) groups is 1. The van der Waals surface area contributed by atoms with Gasteiger partial charge in [0.2, 0.25) is 0 Å².